The second kappa shape index (κ2) is 11.2. The molecule has 1 N–H and O–H groups in total. The van der Waals surface area contributed by atoms with Crippen LogP contribution in [0.3, 0.4) is 0 Å². The molecule has 6 aromatic carbocycles. The van der Waals surface area contributed by atoms with Gasteiger partial charge in [0.25, 0.3) is 0 Å². The molecule has 1 aliphatic rings. The summed E-state index contributed by atoms with van der Waals surface area (Å²) in [5.41, 5.74) is 19.2. The van der Waals surface area contributed by atoms with Crippen LogP contribution in [0.15, 0.2) is 103 Å². The van der Waals surface area contributed by atoms with E-state index in [0.717, 1.165) is 5.69 Å². The van der Waals surface area contributed by atoms with E-state index in [4.69, 9.17) is 0 Å². The number of hydrogen-bond acceptors (Lipinski definition) is 1. The third kappa shape index (κ3) is 5.20. The minimum atomic E-state index is -0.000236. The number of anilines is 2. The number of rotatable bonds is 1. The van der Waals surface area contributed by atoms with Gasteiger partial charge in [-0.1, -0.05) is 162 Å². The van der Waals surface area contributed by atoms with Gasteiger partial charge in [-0.2, -0.15) is 0 Å². The van der Waals surface area contributed by atoms with E-state index >= 15 is 0 Å². The Morgan fingerprint density at radius 1 is 0.407 bits per heavy atom. The molecule has 2 aromatic heterocycles. The number of hydrogen-bond donors (Lipinski definition) is 1. The van der Waals surface area contributed by atoms with Crippen molar-refractivity contribution >= 4 is 49.5 Å². The summed E-state index contributed by atoms with van der Waals surface area (Å²) in [5, 5.41) is 9.44. The Morgan fingerprint density at radius 2 is 0.963 bits per heavy atom. The fourth-order valence-electron chi connectivity index (χ4n) is 8.79. The molecule has 2 nitrogen and oxygen atoms in total. The van der Waals surface area contributed by atoms with Crippen molar-refractivity contribution in [2.75, 3.05) is 5.32 Å². The van der Waals surface area contributed by atoms with Crippen molar-refractivity contribution in [3.05, 3.63) is 125 Å². The molecule has 0 atom stereocenters. The van der Waals surface area contributed by atoms with E-state index in [9.17, 15) is 0 Å². The molecule has 3 heterocycles. The van der Waals surface area contributed by atoms with Crippen molar-refractivity contribution in [1.29, 1.82) is 0 Å². The van der Waals surface area contributed by atoms with Crippen molar-refractivity contribution in [3.8, 4) is 33.4 Å². The molecule has 272 valence electrons. The molecule has 0 saturated carbocycles. The van der Waals surface area contributed by atoms with Crippen LogP contribution in [0.4, 0.5) is 11.4 Å². The Labute approximate surface area is 321 Å². The quantitative estimate of drug-likeness (QED) is 0.180. The highest BCUT2D eigenvalue weighted by Crippen LogP contribution is 2.54. The summed E-state index contributed by atoms with van der Waals surface area (Å²) in [6, 6.07) is 40.1. The molecule has 0 fully saturated rings. The smallest absolute Gasteiger partial charge is 0.0633 e. The van der Waals surface area contributed by atoms with Crippen LogP contribution in [0.2, 0.25) is 0 Å². The summed E-state index contributed by atoms with van der Waals surface area (Å²) in [4.78, 5) is 0. The Hall–Kier alpha value is -5.08. The predicted molar refractivity (Wildman–Crippen MR) is 235 cm³/mol. The van der Waals surface area contributed by atoms with Gasteiger partial charge in [0.1, 0.15) is 0 Å². The number of benzene rings is 6. The maximum Gasteiger partial charge on any atom is 0.0633 e. The highest BCUT2D eigenvalue weighted by molar-refractivity contribution is 6.31. The van der Waals surface area contributed by atoms with Gasteiger partial charge in [0.2, 0.25) is 0 Å². The first-order valence-corrected chi connectivity index (χ1v) is 19.8. The van der Waals surface area contributed by atoms with Crippen LogP contribution in [0.25, 0.3) is 71.5 Å². The maximum absolute atomic E-state index is 4.17. The van der Waals surface area contributed by atoms with E-state index in [1.54, 1.807) is 0 Å². The first kappa shape index (κ1) is 34.7. The van der Waals surface area contributed by atoms with Gasteiger partial charge in [0, 0.05) is 43.9 Å². The molecule has 2 bridgehead atoms. The van der Waals surface area contributed by atoms with Gasteiger partial charge < -0.3 is 9.72 Å². The Bertz CT molecular complexity index is 2780. The number of para-hydroxylation sites is 2. The first-order valence-electron chi connectivity index (χ1n) is 19.8. The summed E-state index contributed by atoms with van der Waals surface area (Å²) in [6.07, 6.45) is 0. The molecule has 0 spiro atoms. The van der Waals surface area contributed by atoms with Gasteiger partial charge in [-0.15, -0.1) is 0 Å². The first-order chi connectivity index (χ1) is 25.3. The van der Waals surface area contributed by atoms with Gasteiger partial charge in [0.15, 0.2) is 0 Å². The summed E-state index contributed by atoms with van der Waals surface area (Å²) in [5.74, 6) is 0. The average Bonchev–Trinajstić information content (AvgIpc) is 3.61. The SMILES string of the molecule is CC(C)(C)c1cc(-c2cccc3c2Nc2cc(C(C)(C)C)ccc2-c2cc-3c3c4ccc(C(C)(C)C)cc4n4c5ccccc5c2c34)cc(C(C)(C)C)c1. The predicted octanol–water partition coefficient (Wildman–Crippen LogP) is 15.1. The molecule has 0 radical (unpaired) electrons. The van der Waals surface area contributed by atoms with Crippen LogP contribution in [-0.4, -0.2) is 4.40 Å². The molecule has 8 aromatic rings. The fraction of sp³-hybridized carbons (Fsp3) is 0.308. The zero-order chi connectivity index (χ0) is 38.3. The molecule has 1 aliphatic heterocycles. The average molecular weight is 707 g/mol. The monoisotopic (exact) mass is 706 g/mol. The van der Waals surface area contributed by atoms with Crippen molar-refractivity contribution in [2.24, 2.45) is 0 Å². The van der Waals surface area contributed by atoms with E-state index in [-0.39, 0.29) is 21.7 Å². The van der Waals surface area contributed by atoms with Crippen molar-refractivity contribution < 1.29 is 0 Å². The van der Waals surface area contributed by atoms with Gasteiger partial charge in [0.05, 0.1) is 22.2 Å². The molecule has 0 amide bonds. The zero-order valence-corrected chi connectivity index (χ0v) is 34.3. The van der Waals surface area contributed by atoms with E-state index < -0.39 is 0 Å². The highest BCUT2D eigenvalue weighted by Gasteiger charge is 2.30. The third-order valence-corrected chi connectivity index (χ3v) is 12.1. The lowest BCUT2D eigenvalue weighted by atomic mass is 9.78. The van der Waals surface area contributed by atoms with Crippen LogP contribution < -0.4 is 5.32 Å². The Balaban J connectivity index is 1.48. The second-order valence-corrected chi connectivity index (χ2v) is 20.1. The molecule has 0 aliphatic carbocycles. The van der Waals surface area contributed by atoms with E-state index in [0.29, 0.717) is 0 Å². The molecule has 2 heteroatoms. The summed E-state index contributed by atoms with van der Waals surface area (Å²) in [6.45, 7) is 27.9. The lowest BCUT2D eigenvalue weighted by molar-refractivity contribution is 0.569. The van der Waals surface area contributed by atoms with Crippen molar-refractivity contribution in [2.45, 2.75) is 105 Å². The number of nitrogens with one attached hydrogen (secondary N) is 1. The standard InChI is InChI=1S/C52H54N2/c1-49(2,3)31-20-22-36-40-29-41(46-39-23-21-32(50(4,5)6)28-44(39)54-43-19-14-13-16-38(43)45(40)48(46)54)37-18-15-17-35(47(37)53-42(36)27-31)30-24-33(51(7,8)9)26-34(25-30)52(10,11)12/h13-29,53H,1-12H3. The summed E-state index contributed by atoms with van der Waals surface area (Å²) in [7, 11) is 0. The molecule has 0 unspecified atom stereocenters. The van der Waals surface area contributed by atoms with Crippen molar-refractivity contribution in [1.82, 2.24) is 4.40 Å². The summed E-state index contributed by atoms with van der Waals surface area (Å²) >= 11 is 0. The third-order valence-electron chi connectivity index (χ3n) is 12.1. The topological polar surface area (TPSA) is 16.4 Å². The van der Waals surface area contributed by atoms with E-state index in [1.807, 2.05) is 0 Å². The summed E-state index contributed by atoms with van der Waals surface area (Å²) < 4.78 is 2.57. The Kier molecular flexibility index (Phi) is 7.21. The molecular formula is C52H54N2. The second-order valence-electron chi connectivity index (χ2n) is 20.1. The minimum Gasteiger partial charge on any atom is -0.354 e. The zero-order valence-electron chi connectivity index (χ0n) is 34.3. The van der Waals surface area contributed by atoms with E-state index in [1.165, 1.54) is 99.4 Å². The largest absolute Gasteiger partial charge is 0.354 e. The van der Waals surface area contributed by atoms with Crippen LogP contribution in [-0.2, 0) is 21.7 Å². The Morgan fingerprint density at radius 3 is 1.61 bits per heavy atom. The van der Waals surface area contributed by atoms with Crippen molar-refractivity contribution in [3.63, 3.8) is 0 Å². The highest BCUT2D eigenvalue weighted by atomic mass is 14.9. The molecule has 9 rings (SSSR count). The maximum atomic E-state index is 4.17. The molecule has 0 saturated heterocycles. The normalized spacial score (nSPS) is 13.7. The number of nitrogens with zero attached hydrogens (tertiary/aromatic N) is 1. The minimum absolute atomic E-state index is 0.000236. The van der Waals surface area contributed by atoms with Gasteiger partial charge in [-0.05, 0) is 84.9 Å². The number of aromatic nitrogens is 1. The van der Waals surface area contributed by atoms with Gasteiger partial charge in [-0.3, -0.25) is 0 Å². The van der Waals surface area contributed by atoms with E-state index in [2.05, 4.69) is 196 Å². The van der Waals surface area contributed by atoms with Gasteiger partial charge in [-0.25, -0.2) is 0 Å². The number of fused-ring (bicyclic) bond motifs is 14. The van der Waals surface area contributed by atoms with Crippen LogP contribution >= 0.6 is 0 Å². The van der Waals surface area contributed by atoms with Crippen LogP contribution in [0, 0.1) is 0 Å². The lowest BCUT2D eigenvalue weighted by Crippen LogP contribution is -2.16. The van der Waals surface area contributed by atoms with Gasteiger partial charge >= 0.3 is 0 Å². The van der Waals surface area contributed by atoms with Crippen LogP contribution in [0.1, 0.15) is 105 Å². The fourth-order valence-corrected chi connectivity index (χ4v) is 8.79. The van der Waals surface area contributed by atoms with Crippen LogP contribution in [0.5, 0.6) is 0 Å². The molecule has 54 heavy (non-hydrogen) atoms. The lowest BCUT2D eigenvalue weighted by Gasteiger charge is -2.28. The molecular weight excluding hydrogens is 653 g/mol.